The van der Waals surface area contributed by atoms with Crippen molar-refractivity contribution in [3.63, 3.8) is 0 Å². The lowest BCUT2D eigenvalue weighted by molar-refractivity contribution is 0.143. The van der Waals surface area contributed by atoms with E-state index in [4.69, 9.17) is 5.21 Å². The zero-order valence-corrected chi connectivity index (χ0v) is 5.03. The van der Waals surface area contributed by atoms with Crippen LogP contribution in [0.3, 0.4) is 0 Å². The Kier molecular flexibility index (Phi) is 3.35. The fraction of sp³-hybridized carbons (Fsp3) is 0. The van der Waals surface area contributed by atoms with Gasteiger partial charge in [0.15, 0.2) is 0 Å². The van der Waals surface area contributed by atoms with Crippen molar-refractivity contribution in [1.29, 1.82) is 0 Å². The van der Waals surface area contributed by atoms with Crippen LogP contribution in [0.5, 0.6) is 0 Å². The second-order valence-corrected chi connectivity index (χ2v) is 1.32. The van der Waals surface area contributed by atoms with Gasteiger partial charge in [0.25, 0.3) is 0 Å². The van der Waals surface area contributed by atoms with Crippen LogP contribution >= 0.6 is 0 Å². The van der Waals surface area contributed by atoms with Gasteiger partial charge in [0.05, 0.1) is 12.4 Å². The Morgan fingerprint density at radius 2 is 1.73 bits per heavy atom. The SMILES string of the molecule is F[B-](F)(F)F.On1ccnn1. The van der Waals surface area contributed by atoms with E-state index in [0.29, 0.717) is 4.85 Å². The zero-order chi connectivity index (χ0) is 8.91. The van der Waals surface area contributed by atoms with Crippen molar-refractivity contribution in [3.8, 4) is 0 Å². The maximum absolute atomic E-state index is 9.75. The molecule has 0 aliphatic rings. The van der Waals surface area contributed by atoms with E-state index in [9.17, 15) is 17.3 Å². The highest BCUT2D eigenvalue weighted by Crippen LogP contribution is 2.06. The minimum absolute atomic E-state index is 0.639. The average Bonchev–Trinajstić information content (AvgIpc) is 2.12. The Morgan fingerprint density at radius 1 is 1.27 bits per heavy atom. The van der Waals surface area contributed by atoms with Crippen molar-refractivity contribution >= 4 is 7.25 Å². The molecule has 0 unspecified atom stereocenters. The van der Waals surface area contributed by atoms with Crippen LogP contribution in [0.4, 0.5) is 17.3 Å². The number of rotatable bonds is 0. The molecular weight excluding hydrogens is 169 g/mol. The van der Waals surface area contributed by atoms with Gasteiger partial charge in [0, 0.05) is 0 Å². The van der Waals surface area contributed by atoms with Crippen LogP contribution in [0.1, 0.15) is 0 Å². The molecule has 1 N–H and O–H groups in total. The topological polar surface area (TPSA) is 50.9 Å². The highest BCUT2D eigenvalue weighted by molar-refractivity contribution is 6.50. The summed E-state index contributed by atoms with van der Waals surface area (Å²) < 4.78 is 39.0. The van der Waals surface area contributed by atoms with E-state index < -0.39 is 7.25 Å². The molecule has 0 spiro atoms. The molecule has 0 aromatic carbocycles. The molecular formula is C2H3BF4N3O-. The average molecular weight is 172 g/mol. The van der Waals surface area contributed by atoms with Crippen LogP contribution in [0.2, 0.25) is 0 Å². The highest BCUT2D eigenvalue weighted by Gasteiger charge is 2.20. The van der Waals surface area contributed by atoms with Crippen molar-refractivity contribution in [2.45, 2.75) is 0 Å². The molecule has 0 amide bonds. The van der Waals surface area contributed by atoms with Crippen LogP contribution in [0.15, 0.2) is 12.4 Å². The summed E-state index contributed by atoms with van der Waals surface area (Å²) in [7, 11) is -6.00. The van der Waals surface area contributed by atoms with Gasteiger partial charge in [-0.1, -0.05) is 4.85 Å². The normalized spacial score (nSPS) is 10.2. The lowest BCUT2D eigenvalue weighted by Gasteiger charge is -1.94. The van der Waals surface area contributed by atoms with Crippen LogP contribution in [0, 0.1) is 0 Å². The third-order valence-electron chi connectivity index (χ3n) is 0.410. The van der Waals surface area contributed by atoms with Gasteiger partial charge in [-0.25, -0.2) is 0 Å². The fourth-order valence-corrected chi connectivity index (χ4v) is 0.202. The maximum Gasteiger partial charge on any atom is 0.673 e. The fourth-order valence-electron chi connectivity index (χ4n) is 0.202. The molecule has 0 aliphatic carbocycles. The smallest absolute Gasteiger partial charge is 0.418 e. The third-order valence-corrected chi connectivity index (χ3v) is 0.410. The highest BCUT2D eigenvalue weighted by atomic mass is 19.5. The molecule has 4 nitrogen and oxygen atoms in total. The quantitative estimate of drug-likeness (QED) is 0.357. The van der Waals surface area contributed by atoms with Crippen LogP contribution < -0.4 is 0 Å². The number of hydrogen-bond acceptors (Lipinski definition) is 3. The van der Waals surface area contributed by atoms with Gasteiger partial charge in [-0.3, -0.25) is 0 Å². The summed E-state index contributed by atoms with van der Waals surface area (Å²) in [6, 6.07) is 0. The summed E-state index contributed by atoms with van der Waals surface area (Å²) in [6.07, 6.45) is 2.72. The summed E-state index contributed by atoms with van der Waals surface area (Å²) in [5, 5.41) is 14.6. The predicted octanol–water partition coefficient (Wildman–Crippen LogP) is 0.815. The summed E-state index contributed by atoms with van der Waals surface area (Å²) in [5.74, 6) is 0. The first kappa shape index (κ1) is 9.72. The predicted molar refractivity (Wildman–Crippen MR) is 27.4 cm³/mol. The Morgan fingerprint density at radius 3 is 1.82 bits per heavy atom. The van der Waals surface area contributed by atoms with Crippen LogP contribution in [0.25, 0.3) is 0 Å². The van der Waals surface area contributed by atoms with Gasteiger partial charge < -0.3 is 22.5 Å². The molecule has 9 heteroatoms. The first-order valence-corrected chi connectivity index (χ1v) is 2.32. The summed E-state index contributed by atoms with van der Waals surface area (Å²) >= 11 is 0. The first-order valence-electron chi connectivity index (χ1n) is 2.32. The Hall–Kier alpha value is -1.28. The van der Waals surface area contributed by atoms with Crippen LogP contribution in [-0.4, -0.2) is 27.6 Å². The molecule has 1 aromatic heterocycles. The molecule has 1 heterocycles. The van der Waals surface area contributed by atoms with Gasteiger partial charge >= 0.3 is 7.25 Å². The number of aromatic nitrogens is 3. The largest absolute Gasteiger partial charge is 0.673 e. The summed E-state index contributed by atoms with van der Waals surface area (Å²) in [6.45, 7) is 0. The Bertz CT molecular complexity index is 180. The van der Waals surface area contributed by atoms with Crippen molar-refractivity contribution < 1.29 is 22.5 Å². The van der Waals surface area contributed by atoms with Gasteiger partial charge in [0.1, 0.15) is 0 Å². The van der Waals surface area contributed by atoms with E-state index in [0.717, 1.165) is 0 Å². The van der Waals surface area contributed by atoms with E-state index in [1.54, 1.807) is 0 Å². The second-order valence-electron chi connectivity index (χ2n) is 1.32. The van der Waals surface area contributed by atoms with E-state index in [2.05, 4.69) is 10.3 Å². The minimum Gasteiger partial charge on any atom is -0.418 e. The molecule has 1 rings (SSSR count). The number of hydrogen-bond donors (Lipinski definition) is 1. The van der Waals surface area contributed by atoms with Gasteiger partial charge in [0.2, 0.25) is 0 Å². The Balaban J connectivity index is 0.000000187. The molecule has 11 heavy (non-hydrogen) atoms. The molecule has 64 valence electrons. The molecule has 0 saturated heterocycles. The van der Waals surface area contributed by atoms with E-state index >= 15 is 0 Å². The second kappa shape index (κ2) is 3.79. The molecule has 0 radical (unpaired) electrons. The Labute approximate surface area is 58.5 Å². The van der Waals surface area contributed by atoms with Crippen molar-refractivity contribution in [2.24, 2.45) is 0 Å². The lowest BCUT2D eigenvalue weighted by atomic mass is 10.3. The molecule has 0 aliphatic heterocycles. The van der Waals surface area contributed by atoms with E-state index in [-0.39, 0.29) is 0 Å². The maximum atomic E-state index is 9.75. The molecule has 0 saturated carbocycles. The summed E-state index contributed by atoms with van der Waals surface area (Å²) in [5.41, 5.74) is 0. The van der Waals surface area contributed by atoms with Crippen molar-refractivity contribution in [1.82, 2.24) is 15.2 Å². The number of nitrogens with zero attached hydrogens (tertiary/aromatic N) is 3. The standard InChI is InChI=1S/C2H3N3O.BF4/c6-5-2-1-3-4-5;2-1(3,4)5/h1-2,6H;/q;-1. The summed E-state index contributed by atoms with van der Waals surface area (Å²) in [4.78, 5) is 0.639. The van der Waals surface area contributed by atoms with E-state index in [1.165, 1.54) is 12.4 Å². The number of halogens is 4. The third kappa shape index (κ3) is 12.0. The van der Waals surface area contributed by atoms with Crippen LogP contribution in [-0.2, 0) is 0 Å². The molecule has 0 bridgehead atoms. The zero-order valence-electron chi connectivity index (χ0n) is 5.03. The van der Waals surface area contributed by atoms with E-state index in [1.807, 2.05) is 0 Å². The van der Waals surface area contributed by atoms with Crippen molar-refractivity contribution in [2.75, 3.05) is 0 Å². The van der Waals surface area contributed by atoms with Gasteiger partial charge in [-0.05, 0) is 5.21 Å². The van der Waals surface area contributed by atoms with Gasteiger partial charge in [-0.2, -0.15) is 0 Å². The minimum atomic E-state index is -6.00. The lowest BCUT2D eigenvalue weighted by Crippen LogP contribution is -2.02. The van der Waals surface area contributed by atoms with Crippen molar-refractivity contribution in [3.05, 3.63) is 12.4 Å². The monoisotopic (exact) mass is 172 g/mol. The molecule has 0 atom stereocenters. The molecule has 1 aromatic rings. The molecule has 0 fully saturated rings. The first-order chi connectivity index (χ1) is 4.89. The van der Waals surface area contributed by atoms with Gasteiger partial charge in [-0.15, -0.1) is 5.10 Å².